The second kappa shape index (κ2) is 6.78. The molecule has 4 heteroatoms. The van der Waals surface area contributed by atoms with Crippen LogP contribution in [0, 0.1) is 6.92 Å². The number of halogens is 2. The van der Waals surface area contributed by atoms with Crippen molar-refractivity contribution in [1.29, 1.82) is 0 Å². The molecule has 0 fully saturated rings. The molecule has 20 heavy (non-hydrogen) atoms. The van der Waals surface area contributed by atoms with E-state index in [9.17, 15) is 4.79 Å². The van der Waals surface area contributed by atoms with Gasteiger partial charge in [0.2, 0.25) is 5.91 Å². The first-order valence-electron chi connectivity index (χ1n) is 6.31. The molecule has 0 heterocycles. The lowest BCUT2D eigenvalue weighted by Crippen LogP contribution is -2.25. The van der Waals surface area contributed by atoms with Crippen molar-refractivity contribution in [3.63, 3.8) is 0 Å². The van der Waals surface area contributed by atoms with Gasteiger partial charge in [0.25, 0.3) is 0 Å². The van der Waals surface area contributed by atoms with Crippen LogP contribution in [0.15, 0.2) is 42.5 Å². The Bertz CT molecular complexity index is 626. The molecule has 2 aromatic rings. The van der Waals surface area contributed by atoms with Crippen molar-refractivity contribution in [2.24, 2.45) is 0 Å². The maximum Gasteiger partial charge on any atom is 0.224 e. The van der Waals surface area contributed by atoms with Gasteiger partial charge in [-0.1, -0.05) is 53.5 Å². The number of amides is 1. The smallest absolute Gasteiger partial charge is 0.224 e. The van der Waals surface area contributed by atoms with Gasteiger partial charge in [-0.05, 0) is 35.7 Å². The number of carbonyl (C=O) groups is 1. The summed E-state index contributed by atoms with van der Waals surface area (Å²) in [4.78, 5) is 11.9. The Morgan fingerprint density at radius 3 is 2.55 bits per heavy atom. The normalized spacial score (nSPS) is 10.3. The summed E-state index contributed by atoms with van der Waals surface area (Å²) >= 11 is 11.9. The fourth-order valence-corrected chi connectivity index (χ4v) is 2.38. The number of aryl methyl sites for hydroxylation is 1. The second-order valence-electron chi connectivity index (χ2n) is 4.62. The Hall–Kier alpha value is -1.51. The number of hydrogen-bond donors (Lipinski definition) is 1. The van der Waals surface area contributed by atoms with E-state index in [1.807, 2.05) is 37.3 Å². The van der Waals surface area contributed by atoms with E-state index in [-0.39, 0.29) is 5.91 Å². The molecule has 0 atom stereocenters. The van der Waals surface area contributed by atoms with Crippen LogP contribution in [0.1, 0.15) is 16.7 Å². The summed E-state index contributed by atoms with van der Waals surface area (Å²) in [7, 11) is 0. The van der Waals surface area contributed by atoms with Crippen molar-refractivity contribution in [2.75, 3.05) is 0 Å². The van der Waals surface area contributed by atoms with Gasteiger partial charge in [0, 0.05) is 16.6 Å². The molecule has 2 nitrogen and oxygen atoms in total. The van der Waals surface area contributed by atoms with Crippen molar-refractivity contribution < 1.29 is 4.79 Å². The van der Waals surface area contributed by atoms with E-state index in [1.165, 1.54) is 0 Å². The highest BCUT2D eigenvalue weighted by Gasteiger charge is 2.07. The molecule has 1 amide bonds. The summed E-state index contributed by atoms with van der Waals surface area (Å²) in [6.45, 7) is 2.40. The van der Waals surface area contributed by atoms with Crippen LogP contribution in [0.3, 0.4) is 0 Å². The van der Waals surface area contributed by atoms with Crippen LogP contribution < -0.4 is 5.32 Å². The fourth-order valence-electron chi connectivity index (χ4n) is 1.90. The molecule has 1 N–H and O–H groups in total. The lowest BCUT2D eigenvalue weighted by Gasteiger charge is -2.09. The molecule has 0 aromatic heterocycles. The van der Waals surface area contributed by atoms with Crippen LogP contribution in [0.4, 0.5) is 0 Å². The Balaban J connectivity index is 1.94. The van der Waals surface area contributed by atoms with E-state index in [0.717, 1.165) is 16.7 Å². The molecule has 104 valence electrons. The van der Waals surface area contributed by atoms with Gasteiger partial charge in [-0.15, -0.1) is 0 Å². The van der Waals surface area contributed by atoms with Crippen molar-refractivity contribution >= 4 is 29.1 Å². The number of carbonyl (C=O) groups excluding carboxylic acids is 1. The third kappa shape index (κ3) is 3.99. The molecule has 0 aliphatic carbocycles. The maximum absolute atomic E-state index is 11.9. The largest absolute Gasteiger partial charge is 0.352 e. The van der Waals surface area contributed by atoms with Crippen LogP contribution in [0.5, 0.6) is 0 Å². The van der Waals surface area contributed by atoms with Gasteiger partial charge in [-0.25, -0.2) is 0 Å². The molecule has 0 saturated heterocycles. The minimum Gasteiger partial charge on any atom is -0.352 e. The summed E-state index contributed by atoms with van der Waals surface area (Å²) in [5.74, 6) is -0.0229. The molecule has 0 radical (unpaired) electrons. The first-order chi connectivity index (χ1) is 9.56. The summed E-state index contributed by atoms with van der Waals surface area (Å²) in [6, 6.07) is 13.1. The average molecular weight is 308 g/mol. The summed E-state index contributed by atoms with van der Waals surface area (Å²) in [6.07, 6.45) is 0.373. The number of benzene rings is 2. The minimum atomic E-state index is -0.0229. The number of rotatable bonds is 4. The Morgan fingerprint density at radius 1 is 1.10 bits per heavy atom. The third-order valence-corrected chi connectivity index (χ3v) is 3.69. The zero-order valence-corrected chi connectivity index (χ0v) is 12.6. The zero-order chi connectivity index (χ0) is 14.5. The Morgan fingerprint density at radius 2 is 1.85 bits per heavy atom. The predicted molar refractivity (Wildman–Crippen MR) is 83.2 cm³/mol. The van der Waals surface area contributed by atoms with Crippen LogP contribution in [-0.4, -0.2) is 5.91 Å². The number of nitrogens with one attached hydrogen (secondary N) is 1. The highest BCUT2D eigenvalue weighted by atomic mass is 35.5. The van der Waals surface area contributed by atoms with Crippen molar-refractivity contribution in [3.8, 4) is 0 Å². The highest BCUT2D eigenvalue weighted by Crippen LogP contribution is 2.20. The topological polar surface area (TPSA) is 29.1 Å². The Kier molecular flexibility index (Phi) is 5.05. The van der Waals surface area contributed by atoms with E-state index < -0.39 is 0 Å². The van der Waals surface area contributed by atoms with Crippen LogP contribution in [0.25, 0.3) is 0 Å². The third-order valence-electron chi connectivity index (χ3n) is 3.10. The van der Waals surface area contributed by atoms with Crippen molar-refractivity contribution in [1.82, 2.24) is 5.32 Å². The molecule has 0 unspecified atom stereocenters. The van der Waals surface area contributed by atoms with Crippen molar-refractivity contribution in [3.05, 3.63) is 69.2 Å². The monoisotopic (exact) mass is 307 g/mol. The Labute approximate surface area is 128 Å². The fraction of sp³-hybridized carbons (Fsp3) is 0.188. The molecular formula is C16H15Cl2NO. The van der Waals surface area contributed by atoms with Gasteiger partial charge >= 0.3 is 0 Å². The molecule has 0 bridgehead atoms. The highest BCUT2D eigenvalue weighted by molar-refractivity contribution is 6.35. The lowest BCUT2D eigenvalue weighted by molar-refractivity contribution is -0.120. The van der Waals surface area contributed by atoms with Gasteiger partial charge in [0.15, 0.2) is 0 Å². The first kappa shape index (κ1) is 14.9. The van der Waals surface area contributed by atoms with Gasteiger partial charge in [0.1, 0.15) is 0 Å². The second-order valence-corrected chi connectivity index (χ2v) is 5.46. The van der Waals surface area contributed by atoms with Crippen LogP contribution in [-0.2, 0) is 17.8 Å². The summed E-state index contributed by atoms with van der Waals surface area (Å²) < 4.78 is 0. The molecule has 2 aromatic carbocycles. The van der Waals surface area contributed by atoms with Gasteiger partial charge < -0.3 is 5.32 Å². The van der Waals surface area contributed by atoms with Crippen LogP contribution in [0.2, 0.25) is 10.0 Å². The van der Waals surface area contributed by atoms with E-state index >= 15 is 0 Å². The summed E-state index contributed by atoms with van der Waals surface area (Å²) in [5, 5.41) is 4.02. The van der Waals surface area contributed by atoms with Crippen molar-refractivity contribution in [2.45, 2.75) is 19.9 Å². The molecule has 0 saturated carbocycles. The van der Waals surface area contributed by atoms with E-state index in [2.05, 4.69) is 5.32 Å². The molecule has 0 aliphatic rings. The van der Waals surface area contributed by atoms with E-state index in [1.54, 1.807) is 12.1 Å². The molecule has 0 spiro atoms. The van der Waals surface area contributed by atoms with Gasteiger partial charge in [-0.2, -0.15) is 0 Å². The van der Waals surface area contributed by atoms with E-state index in [0.29, 0.717) is 23.0 Å². The average Bonchev–Trinajstić information content (AvgIpc) is 2.40. The minimum absolute atomic E-state index is 0.0229. The standard InChI is InChI=1S/C16H15Cl2NO/c1-11-4-2-3-5-12(11)8-16(20)19-10-13-6-7-14(17)9-15(13)18/h2-7,9H,8,10H2,1H3,(H,19,20). The quantitative estimate of drug-likeness (QED) is 0.903. The zero-order valence-electron chi connectivity index (χ0n) is 11.1. The van der Waals surface area contributed by atoms with Gasteiger partial charge in [-0.3, -0.25) is 4.79 Å². The first-order valence-corrected chi connectivity index (χ1v) is 7.07. The molecule has 2 rings (SSSR count). The van der Waals surface area contributed by atoms with Gasteiger partial charge in [0.05, 0.1) is 6.42 Å². The molecular weight excluding hydrogens is 293 g/mol. The van der Waals surface area contributed by atoms with E-state index in [4.69, 9.17) is 23.2 Å². The lowest BCUT2D eigenvalue weighted by atomic mass is 10.1. The molecule has 0 aliphatic heterocycles. The predicted octanol–water partition coefficient (Wildman–Crippen LogP) is 4.16. The SMILES string of the molecule is Cc1ccccc1CC(=O)NCc1ccc(Cl)cc1Cl. The number of hydrogen-bond acceptors (Lipinski definition) is 1. The van der Waals surface area contributed by atoms with Crippen LogP contribution >= 0.6 is 23.2 Å². The maximum atomic E-state index is 11.9. The summed E-state index contributed by atoms with van der Waals surface area (Å²) in [5.41, 5.74) is 3.01.